The van der Waals surface area contributed by atoms with Crippen LogP contribution in [0.1, 0.15) is 112 Å². The first-order valence-corrected chi connectivity index (χ1v) is 26.0. The van der Waals surface area contributed by atoms with Crippen LogP contribution in [-0.4, -0.2) is 128 Å². The second-order valence-corrected chi connectivity index (χ2v) is 22.4. The van der Waals surface area contributed by atoms with Crippen molar-refractivity contribution < 1.29 is 38.1 Å². The number of phenols is 1. The number of amides is 3. The fraction of sp³-hybridized carbons (Fsp3) is 0.500. The van der Waals surface area contributed by atoms with Gasteiger partial charge in [0.05, 0.1) is 17.6 Å². The summed E-state index contributed by atoms with van der Waals surface area (Å²) in [6.45, 7) is 10.2. The molecule has 3 N–H and O–H groups in total. The number of nitrogens with zero attached hydrogens (tertiary/aromatic N) is 7. The van der Waals surface area contributed by atoms with Gasteiger partial charge in [-0.3, -0.25) is 29.6 Å². The lowest BCUT2D eigenvalue weighted by molar-refractivity contribution is -0.136. The molecule has 2 aromatic heterocycles. The molecular formula is C56H62F2N8O6. The highest BCUT2D eigenvalue weighted by atomic mass is 19.1. The number of likely N-dealkylation sites (tertiary alicyclic amines) is 1. The zero-order valence-electron chi connectivity index (χ0n) is 41.1. The van der Waals surface area contributed by atoms with Crippen LogP contribution in [0.5, 0.6) is 11.8 Å². The van der Waals surface area contributed by atoms with Crippen molar-refractivity contribution in [3.63, 3.8) is 0 Å². The molecule has 14 nitrogen and oxygen atoms in total. The van der Waals surface area contributed by atoms with Gasteiger partial charge < -0.3 is 29.6 Å². The van der Waals surface area contributed by atoms with Crippen molar-refractivity contribution in [2.75, 3.05) is 57.3 Å². The summed E-state index contributed by atoms with van der Waals surface area (Å²) < 4.78 is 38.8. The number of pyridine rings is 1. The molecule has 7 heterocycles. The Labute approximate surface area is 417 Å². The minimum Gasteiger partial charge on any atom is -0.508 e. The largest absolute Gasteiger partial charge is 0.508 e. The van der Waals surface area contributed by atoms with Crippen LogP contribution >= 0.6 is 0 Å². The first-order valence-electron chi connectivity index (χ1n) is 26.0. The molecule has 12 rings (SSSR count). The van der Waals surface area contributed by atoms with Crippen molar-refractivity contribution in [1.29, 1.82) is 0 Å². The van der Waals surface area contributed by atoms with Crippen molar-refractivity contribution in [2.24, 2.45) is 10.8 Å². The molecule has 1 unspecified atom stereocenters. The number of hydrogen-bond acceptors (Lipinski definition) is 12. The number of piperidine rings is 3. The molecule has 376 valence electrons. The molecule has 0 radical (unpaired) electrons. The van der Waals surface area contributed by atoms with Gasteiger partial charge in [-0.25, -0.2) is 8.78 Å². The lowest BCUT2D eigenvalue weighted by Gasteiger charge is -2.56. The second-order valence-electron chi connectivity index (χ2n) is 22.4. The van der Waals surface area contributed by atoms with E-state index >= 15 is 8.78 Å². The average molecular weight is 981 g/mol. The maximum Gasteiger partial charge on any atom is 0.319 e. The Balaban J connectivity index is 0.688. The number of halogens is 2. The summed E-state index contributed by atoms with van der Waals surface area (Å²) in [6, 6.07) is 12.0. The summed E-state index contributed by atoms with van der Waals surface area (Å²) >= 11 is 0. The third-order valence-electron chi connectivity index (χ3n) is 17.3. The van der Waals surface area contributed by atoms with Gasteiger partial charge in [-0.1, -0.05) is 25.1 Å². The second kappa shape index (κ2) is 17.8. The molecule has 2 aliphatic carbocycles. The molecule has 1 spiro atoms. The van der Waals surface area contributed by atoms with Gasteiger partial charge in [0.1, 0.15) is 34.6 Å². The topological polar surface area (TPSA) is 165 Å². The number of ether oxygens (including phenoxy) is 1. The number of phenolic OH excluding ortho intramolecular Hbond substituents is 1. The number of benzene rings is 3. The van der Waals surface area contributed by atoms with Gasteiger partial charge in [-0.2, -0.15) is 9.97 Å². The standard InChI is InChI=1S/C56H62F2N8O6/c1-3-39-43(57)8-6-35-24-38(67)25-41(46(35)39)48-47(58)49-42(28-59-48)50(65-18-4-13-54(2,71)30-65)62-53(61-49)72-32-56(14-15-56)31-63-21-16-55(17-22-63)26-37(27-55)64-19-11-33(12-20-64)34-5-7-40-36(23-34)29-66(52(40)70)44-9-10-45(68)60-51(44)69/h5-8,11,23-25,28,37,44,67,71H,3-4,9-10,12-22,26-27,29-32H2,1-2H3,(H,60,68,69)/t44?,54-/m1/s1. The van der Waals surface area contributed by atoms with E-state index in [9.17, 15) is 24.6 Å². The number of carbonyl (C=O) groups is 3. The van der Waals surface area contributed by atoms with Crippen LogP contribution in [0.25, 0.3) is 38.5 Å². The van der Waals surface area contributed by atoms with Gasteiger partial charge in [-0.05, 0) is 159 Å². The first kappa shape index (κ1) is 46.9. The van der Waals surface area contributed by atoms with Crippen LogP contribution in [0.4, 0.5) is 14.6 Å². The smallest absolute Gasteiger partial charge is 0.319 e. The number of aromatic hydroxyl groups is 1. The molecule has 72 heavy (non-hydrogen) atoms. The van der Waals surface area contributed by atoms with Crippen LogP contribution in [-0.2, 0) is 22.6 Å². The minimum atomic E-state index is -0.965. The van der Waals surface area contributed by atoms with Crippen LogP contribution < -0.4 is 15.0 Å². The molecule has 16 heteroatoms. The number of carbonyl (C=O) groups excluding carboxylic acids is 3. The Kier molecular flexibility index (Phi) is 11.6. The van der Waals surface area contributed by atoms with E-state index in [0.717, 1.165) is 69.5 Å². The molecule has 5 fully saturated rings. The molecule has 2 atom stereocenters. The van der Waals surface area contributed by atoms with Gasteiger partial charge in [0, 0.05) is 74.5 Å². The van der Waals surface area contributed by atoms with E-state index in [4.69, 9.17) is 14.7 Å². The van der Waals surface area contributed by atoms with E-state index in [1.165, 1.54) is 49.6 Å². The van der Waals surface area contributed by atoms with Gasteiger partial charge in [0.2, 0.25) is 11.8 Å². The molecule has 3 amide bonds. The molecule has 2 saturated carbocycles. The zero-order chi connectivity index (χ0) is 49.7. The number of aryl methyl sites for hydroxylation is 1. The number of nitrogens with one attached hydrogen (secondary N) is 1. The zero-order valence-corrected chi connectivity index (χ0v) is 41.1. The van der Waals surface area contributed by atoms with E-state index < -0.39 is 29.2 Å². The molecule has 5 aromatic rings. The summed E-state index contributed by atoms with van der Waals surface area (Å²) in [7, 11) is 0. The lowest BCUT2D eigenvalue weighted by Crippen LogP contribution is -2.56. The molecule has 5 aliphatic heterocycles. The summed E-state index contributed by atoms with van der Waals surface area (Å²) in [5.41, 5.74) is 4.01. The van der Waals surface area contributed by atoms with Crippen LogP contribution in [0.2, 0.25) is 0 Å². The number of aromatic nitrogens is 3. The van der Waals surface area contributed by atoms with Gasteiger partial charge in [-0.15, -0.1) is 0 Å². The van der Waals surface area contributed by atoms with E-state index in [-0.39, 0.29) is 52.2 Å². The number of imide groups is 1. The summed E-state index contributed by atoms with van der Waals surface area (Å²) in [6.07, 6.45) is 14.0. The van der Waals surface area contributed by atoms with Crippen LogP contribution in [0, 0.1) is 22.5 Å². The number of β-amino-alcohol motifs (C(OH)–C–C–N with tert-alkyl or cyclic N) is 1. The van der Waals surface area contributed by atoms with Crippen molar-refractivity contribution in [2.45, 2.75) is 115 Å². The quantitative estimate of drug-likeness (QED) is 0.111. The third-order valence-corrected chi connectivity index (χ3v) is 17.3. The highest BCUT2D eigenvalue weighted by molar-refractivity contribution is 6.06. The highest BCUT2D eigenvalue weighted by Gasteiger charge is 2.51. The summed E-state index contributed by atoms with van der Waals surface area (Å²) in [5, 5.41) is 25.7. The Hall–Kier alpha value is -6.10. The highest BCUT2D eigenvalue weighted by Crippen LogP contribution is 2.53. The predicted molar refractivity (Wildman–Crippen MR) is 268 cm³/mol. The number of aliphatic hydroxyl groups is 1. The molecular weight excluding hydrogens is 919 g/mol. The summed E-state index contributed by atoms with van der Waals surface area (Å²) in [5.74, 6) is -1.59. The van der Waals surface area contributed by atoms with Crippen LogP contribution in [0.15, 0.2) is 54.7 Å². The van der Waals surface area contributed by atoms with Crippen molar-refractivity contribution in [3.8, 4) is 23.0 Å². The Morgan fingerprint density at radius 1 is 0.931 bits per heavy atom. The molecule has 7 aliphatic rings. The van der Waals surface area contributed by atoms with E-state index in [2.05, 4.69) is 32.2 Å². The third kappa shape index (κ3) is 8.56. The van der Waals surface area contributed by atoms with Gasteiger partial charge in [0.25, 0.3) is 5.91 Å². The maximum absolute atomic E-state index is 17.2. The number of anilines is 1. The fourth-order valence-corrected chi connectivity index (χ4v) is 13.0. The van der Waals surface area contributed by atoms with Crippen molar-refractivity contribution in [1.82, 2.24) is 35.0 Å². The minimum absolute atomic E-state index is 0.0153. The average Bonchev–Trinajstić information content (AvgIpc) is 4.05. The Morgan fingerprint density at radius 2 is 1.75 bits per heavy atom. The van der Waals surface area contributed by atoms with E-state index in [1.54, 1.807) is 24.0 Å². The Morgan fingerprint density at radius 3 is 2.49 bits per heavy atom. The number of rotatable bonds is 11. The van der Waals surface area contributed by atoms with Crippen molar-refractivity contribution >= 4 is 50.8 Å². The van der Waals surface area contributed by atoms with Crippen LogP contribution in [0.3, 0.4) is 0 Å². The molecule has 3 aromatic carbocycles. The van der Waals surface area contributed by atoms with Crippen molar-refractivity contribution in [3.05, 3.63) is 88.6 Å². The molecule has 3 saturated heterocycles. The lowest BCUT2D eigenvalue weighted by atomic mass is 9.60. The van der Waals surface area contributed by atoms with Gasteiger partial charge in [0.15, 0.2) is 5.82 Å². The number of fused-ring (bicyclic) bond motifs is 3. The number of hydrogen-bond donors (Lipinski definition) is 3. The monoisotopic (exact) mass is 980 g/mol. The normalized spacial score (nSPS) is 24.4. The maximum atomic E-state index is 17.2. The molecule has 0 bridgehead atoms. The fourth-order valence-electron chi connectivity index (χ4n) is 13.0. The van der Waals surface area contributed by atoms with E-state index in [1.807, 2.05) is 24.0 Å². The SMILES string of the molecule is CCc1c(F)ccc2cc(O)cc(-c3ncc4c(N5CCC[C@@](C)(O)C5)nc(OCC5(CN6CCC7(CC6)CC(N6CC=C(c8ccc9c(c8)CN(C8CCC(=O)NC8=O)C9=O)CC6)C7)CC5)nc4c3F)c12. The predicted octanol–water partition coefficient (Wildman–Crippen LogP) is 7.70. The summed E-state index contributed by atoms with van der Waals surface area (Å²) in [4.78, 5) is 60.5. The van der Waals surface area contributed by atoms with Gasteiger partial charge >= 0.3 is 6.01 Å². The first-order chi connectivity index (χ1) is 34.7. The Bertz CT molecular complexity index is 3090. The van der Waals surface area contributed by atoms with E-state index in [0.29, 0.717) is 90.1 Å².